The van der Waals surface area contributed by atoms with Crippen molar-refractivity contribution in [2.24, 2.45) is 0 Å². The van der Waals surface area contributed by atoms with Crippen LogP contribution in [0.3, 0.4) is 0 Å². The molecule has 18 heavy (non-hydrogen) atoms. The Morgan fingerprint density at radius 2 is 1.89 bits per heavy atom. The number of amides is 2. The summed E-state index contributed by atoms with van der Waals surface area (Å²) in [5.41, 5.74) is 0.811. The number of nitrogens with zero attached hydrogens (tertiary/aromatic N) is 1. The van der Waals surface area contributed by atoms with Gasteiger partial charge in [-0.3, -0.25) is 4.79 Å². The summed E-state index contributed by atoms with van der Waals surface area (Å²) < 4.78 is 28.9. The third kappa shape index (κ3) is 6.58. The fourth-order valence-corrected chi connectivity index (χ4v) is 1.18. The summed E-state index contributed by atoms with van der Waals surface area (Å²) in [4.78, 5) is 11.1. The SMILES string of the molecule is N#Cc1ccc(NC(=O)N[CH-]S(=O)(=O)O)cc1.[Na+]. The topological polar surface area (TPSA) is 119 Å². The smallest absolute Gasteiger partial charge is 0.470 e. The van der Waals surface area contributed by atoms with Crippen LogP contribution >= 0.6 is 0 Å². The average Bonchev–Trinajstić information content (AvgIpc) is 2.27. The zero-order valence-electron chi connectivity index (χ0n) is 9.41. The second-order valence-corrected chi connectivity index (χ2v) is 4.19. The van der Waals surface area contributed by atoms with E-state index in [1.54, 1.807) is 0 Å². The number of rotatable bonds is 3. The summed E-state index contributed by atoms with van der Waals surface area (Å²) in [6.45, 7) is 0. The number of carbonyl (C=O) groups excluding carboxylic acids is 1. The maximum absolute atomic E-state index is 11.1. The summed E-state index contributed by atoms with van der Waals surface area (Å²) in [5, 5.41) is 12.7. The third-order valence-corrected chi connectivity index (χ3v) is 2.03. The number of hydrogen-bond donors (Lipinski definition) is 3. The Balaban J connectivity index is 0.00000289. The van der Waals surface area contributed by atoms with E-state index in [2.05, 4.69) is 5.32 Å². The normalized spacial score (nSPS) is 9.78. The van der Waals surface area contributed by atoms with E-state index in [9.17, 15) is 13.2 Å². The van der Waals surface area contributed by atoms with E-state index in [0.29, 0.717) is 11.3 Å². The Bertz CT molecular complexity index is 550. The zero-order chi connectivity index (χ0) is 12.9. The molecule has 0 aliphatic rings. The molecule has 0 saturated heterocycles. The maximum atomic E-state index is 11.1. The van der Waals surface area contributed by atoms with Gasteiger partial charge in [-0.15, -0.1) is 0 Å². The molecular formula is C9H8N3NaO4S. The molecule has 0 fully saturated rings. The molecule has 3 N–H and O–H groups in total. The molecule has 7 nitrogen and oxygen atoms in total. The fraction of sp³-hybridized carbons (Fsp3) is 0. The summed E-state index contributed by atoms with van der Waals surface area (Å²) >= 11 is 0. The molecule has 1 aromatic rings. The van der Waals surface area contributed by atoms with E-state index in [1.807, 2.05) is 11.4 Å². The standard InChI is InChI=1S/C9H8N3O4S.Na/c10-5-7-1-3-8(4-2-7)12-9(13)11-6-17(14,15)16;/h1-4,6H,(H2,11,12,13)(H,14,15,16);/q-1;+1. The second kappa shape index (κ2) is 7.35. The van der Waals surface area contributed by atoms with Crippen molar-refractivity contribution in [2.45, 2.75) is 0 Å². The molecule has 1 rings (SSSR count). The number of benzene rings is 1. The summed E-state index contributed by atoms with van der Waals surface area (Å²) in [7, 11) is -4.36. The number of hydrogen-bond acceptors (Lipinski definition) is 4. The van der Waals surface area contributed by atoms with Gasteiger partial charge in [-0.1, -0.05) is 5.88 Å². The third-order valence-electron chi connectivity index (χ3n) is 1.61. The summed E-state index contributed by atoms with van der Waals surface area (Å²) in [6, 6.07) is 7.01. The van der Waals surface area contributed by atoms with Gasteiger partial charge >= 0.3 is 29.6 Å². The van der Waals surface area contributed by atoms with E-state index in [4.69, 9.17) is 9.81 Å². The van der Waals surface area contributed by atoms with Crippen LogP contribution in [0.1, 0.15) is 5.56 Å². The van der Waals surface area contributed by atoms with Crippen LogP contribution in [0.25, 0.3) is 0 Å². The van der Waals surface area contributed by atoms with Crippen LogP contribution in [0.2, 0.25) is 0 Å². The Labute approximate surface area is 126 Å². The number of urea groups is 1. The van der Waals surface area contributed by atoms with E-state index < -0.39 is 16.1 Å². The van der Waals surface area contributed by atoms with Crippen LogP contribution in [0.15, 0.2) is 24.3 Å². The Morgan fingerprint density at radius 3 is 2.33 bits per heavy atom. The molecule has 0 unspecified atom stereocenters. The van der Waals surface area contributed by atoms with Gasteiger partial charge in [0.25, 0.3) is 6.03 Å². The van der Waals surface area contributed by atoms with Gasteiger partial charge in [0, 0.05) is 5.69 Å². The monoisotopic (exact) mass is 277 g/mol. The van der Waals surface area contributed by atoms with Crippen LogP contribution in [0.5, 0.6) is 0 Å². The average molecular weight is 277 g/mol. The Morgan fingerprint density at radius 1 is 1.33 bits per heavy atom. The fourth-order valence-electron chi connectivity index (χ4n) is 0.923. The van der Waals surface area contributed by atoms with Gasteiger partial charge in [0.1, 0.15) is 0 Å². The van der Waals surface area contributed by atoms with Crippen molar-refractivity contribution in [2.75, 3.05) is 5.32 Å². The number of nitrogens with one attached hydrogen (secondary N) is 2. The van der Waals surface area contributed by atoms with Crippen molar-refractivity contribution in [1.29, 1.82) is 5.26 Å². The largest absolute Gasteiger partial charge is 1.00 e. The molecule has 0 aliphatic carbocycles. The number of nitriles is 1. The van der Waals surface area contributed by atoms with E-state index in [1.165, 1.54) is 24.3 Å². The summed E-state index contributed by atoms with van der Waals surface area (Å²) in [5.74, 6) is 0.256. The molecule has 0 heterocycles. The van der Waals surface area contributed by atoms with Crippen LogP contribution in [-0.2, 0) is 10.1 Å². The van der Waals surface area contributed by atoms with E-state index in [-0.39, 0.29) is 35.4 Å². The number of carbonyl (C=O) groups is 1. The quantitative estimate of drug-likeness (QED) is 0.326. The van der Waals surface area contributed by atoms with Crippen LogP contribution in [0, 0.1) is 17.2 Å². The van der Waals surface area contributed by atoms with Crippen LogP contribution < -0.4 is 40.2 Å². The molecule has 0 saturated carbocycles. The van der Waals surface area contributed by atoms with Gasteiger partial charge in [-0.25, -0.2) is 8.42 Å². The minimum absolute atomic E-state index is 0. The second-order valence-electron chi connectivity index (χ2n) is 2.92. The van der Waals surface area contributed by atoms with Gasteiger partial charge < -0.3 is 15.2 Å². The molecule has 0 aliphatic heterocycles. The molecule has 1 aromatic carbocycles. The van der Waals surface area contributed by atoms with Gasteiger partial charge in [-0.2, -0.15) is 5.26 Å². The van der Waals surface area contributed by atoms with Crippen molar-refractivity contribution in [3.8, 4) is 6.07 Å². The van der Waals surface area contributed by atoms with Crippen molar-refractivity contribution in [1.82, 2.24) is 5.32 Å². The van der Waals surface area contributed by atoms with Crippen LogP contribution in [-0.4, -0.2) is 19.0 Å². The van der Waals surface area contributed by atoms with Crippen LogP contribution in [0.4, 0.5) is 10.5 Å². The molecule has 90 valence electrons. The van der Waals surface area contributed by atoms with Gasteiger partial charge in [0.05, 0.1) is 11.6 Å². The van der Waals surface area contributed by atoms with Crippen molar-refractivity contribution < 1.29 is 47.3 Å². The maximum Gasteiger partial charge on any atom is 1.00 e. The minimum Gasteiger partial charge on any atom is -0.470 e. The first-order chi connectivity index (χ1) is 7.90. The van der Waals surface area contributed by atoms with E-state index in [0.717, 1.165) is 0 Å². The molecule has 9 heteroatoms. The Kier molecular flexibility index (Phi) is 6.90. The van der Waals surface area contributed by atoms with Crippen molar-refractivity contribution in [3.05, 3.63) is 35.7 Å². The predicted molar refractivity (Wildman–Crippen MR) is 59.2 cm³/mol. The summed E-state index contributed by atoms with van der Waals surface area (Å²) in [6.07, 6.45) is 0. The molecule has 0 atom stereocenters. The number of anilines is 1. The van der Waals surface area contributed by atoms with Gasteiger partial charge in [-0.05, 0) is 24.3 Å². The van der Waals surface area contributed by atoms with Crippen molar-refractivity contribution in [3.63, 3.8) is 0 Å². The molecule has 0 spiro atoms. The molecule has 0 bridgehead atoms. The zero-order valence-corrected chi connectivity index (χ0v) is 12.2. The first-order valence-corrected chi connectivity index (χ1v) is 5.79. The molecule has 2 amide bonds. The van der Waals surface area contributed by atoms with Crippen molar-refractivity contribution >= 4 is 21.8 Å². The first-order valence-electron chi connectivity index (χ1n) is 4.29. The van der Waals surface area contributed by atoms with Gasteiger partial charge in [0.2, 0.25) is 0 Å². The first kappa shape index (κ1) is 16.9. The predicted octanol–water partition coefficient (Wildman–Crippen LogP) is -2.31. The molecular weight excluding hydrogens is 269 g/mol. The minimum atomic E-state index is -4.36. The Hall–Kier alpha value is -1.11. The van der Waals surface area contributed by atoms with E-state index >= 15 is 0 Å². The molecule has 0 radical (unpaired) electrons. The molecule has 0 aromatic heterocycles. The van der Waals surface area contributed by atoms with Gasteiger partial charge in [0.15, 0.2) is 10.1 Å².